The Bertz CT molecular complexity index is 846. The Balaban J connectivity index is 1.96. The first-order chi connectivity index (χ1) is 13.3. The van der Waals surface area contributed by atoms with Crippen LogP contribution < -0.4 is 20.1 Å². The van der Waals surface area contributed by atoms with Crippen LogP contribution in [0.5, 0.6) is 11.5 Å². The third-order valence-electron chi connectivity index (χ3n) is 4.29. The normalized spacial score (nSPS) is 10.5. The number of benzene rings is 2. The second-order valence-electron chi connectivity index (χ2n) is 7.05. The lowest BCUT2D eigenvalue weighted by Crippen LogP contribution is -2.33. The molecule has 0 aliphatic heterocycles. The Morgan fingerprint density at radius 2 is 1.82 bits per heavy atom. The van der Waals surface area contributed by atoms with Crippen molar-refractivity contribution in [1.82, 2.24) is 5.32 Å². The molecule has 2 rings (SSSR count). The van der Waals surface area contributed by atoms with E-state index < -0.39 is 0 Å². The van der Waals surface area contributed by atoms with E-state index in [1.807, 2.05) is 32.0 Å². The summed E-state index contributed by atoms with van der Waals surface area (Å²) < 4.78 is 11.0. The quantitative estimate of drug-likeness (QED) is 0.727. The van der Waals surface area contributed by atoms with E-state index in [1.54, 1.807) is 18.2 Å². The van der Waals surface area contributed by atoms with E-state index in [1.165, 1.54) is 7.11 Å². The summed E-state index contributed by atoms with van der Waals surface area (Å²) in [6.45, 7) is 8.46. The van der Waals surface area contributed by atoms with E-state index >= 15 is 0 Å². The maximum atomic E-state index is 12.4. The summed E-state index contributed by atoms with van der Waals surface area (Å²) in [5, 5.41) is 5.45. The van der Waals surface area contributed by atoms with E-state index in [4.69, 9.17) is 9.47 Å². The molecule has 0 saturated heterocycles. The number of amides is 2. The van der Waals surface area contributed by atoms with Gasteiger partial charge in [0.25, 0.3) is 5.91 Å². The number of aryl methyl sites for hydroxylation is 1. The molecule has 0 radical (unpaired) electrons. The zero-order valence-electron chi connectivity index (χ0n) is 17.1. The Kier molecular flexibility index (Phi) is 7.44. The second kappa shape index (κ2) is 9.78. The maximum Gasteiger partial charge on any atom is 0.251 e. The van der Waals surface area contributed by atoms with Gasteiger partial charge >= 0.3 is 0 Å². The molecule has 150 valence electrons. The predicted octanol–water partition coefficient (Wildman–Crippen LogP) is 3.72. The van der Waals surface area contributed by atoms with Crippen molar-refractivity contribution in [1.29, 1.82) is 0 Å². The molecule has 0 aliphatic carbocycles. The molecule has 2 amide bonds. The van der Waals surface area contributed by atoms with Crippen molar-refractivity contribution in [3.8, 4) is 11.5 Å². The van der Waals surface area contributed by atoms with Crippen LogP contribution in [0.1, 0.15) is 35.3 Å². The van der Waals surface area contributed by atoms with Crippen LogP contribution in [-0.2, 0) is 4.79 Å². The molecule has 0 saturated carbocycles. The third kappa shape index (κ3) is 5.74. The standard InChI is InChI=1S/C22H28N2O4/c1-14(2)13-28-19-10-9-17(11-20(19)27-5)22(26)23-12-21(25)24-18-8-6-7-15(3)16(18)4/h6-11,14H,12-13H2,1-5H3,(H,23,26)(H,24,25). The van der Waals surface area contributed by atoms with Gasteiger partial charge in [0, 0.05) is 11.3 Å². The van der Waals surface area contributed by atoms with E-state index in [0.717, 1.165) is 16.8 Å². The number of ether oxygens (including phenoxy) is 2. The molecule has 0 aromatic heterocycles. The molecule has 0 spiro atoms. The summed E-state index contributed by atoms with van der Waals surface area (Å²) in [6, 6.07) is 10.7. The molecular formula is C22H28N2O4. The summed E-state index contributed by atoms with van der Waals surface area (Å²) >= 11 is 0. The van der Waals surface area contributed by atoms with Crippen molar-refractivity contribution in [2.75, 3.05) is 25.6 Å². The largest absolute Gasteiger partial charge is 0.493 e. The van der Waals surface area contributed by atoms with Gasteiger partial charge in [0.2, 0.25) is 5.91 Å². The SMILES string of the molecule is COc1cc(C(=O)NCC(=O)Nc2cccc(C)c2C)ccc1OCC(C)C. The van der Waals surface area contributed by atoms with Gasteiger partial charge in [-0.25, -0.2) is 0 Å². The Labute approximate surface area is 166 Å². The average molecular weight is 384 g/mol. The molecule has 2 N–H and O–H groups in total. The Hall–Kier alpha value is -3.02. The zero-order chi connectivity index (χ0) is 20.7. The monoisotopic (exact) mass is 384 g/mol. The summed E-state index contributed by atoms with van der Waals surface area (Å²) in [5.41, 5.74) is 3.23. The average Bonchev–Trinajstić information content (AvgIpc) is 2.67. The highest BCUT2D eigenvalue weighted by molar-refractivity contribution is 5.99. The minimum Gasteiger partial charge on any atom is -0.493 e. The fourth-order valence-electron chi connectivity index (χ4n) is 2.53. The van der Waals surface area contributed by atoms with Crippen LogP contribution in [-0.4, -0.2) is 32.1 Å². The predicted molar refractivity (Wildman–Crippen MR) is 110 cm³/mol. The number of anilines is 1. The fraction of sp³-hybridized carbons (Fsp3) is 0.364. The van der Waals surface area contributed by atoms with Crippen LogP contribution in [0.2, 0.25) is 0 Å². The van der Waals surface area contributed by atoms with Crippen LogP contribution in [0.25, 0.3) is 0 Å². The summed E-state index contributed by atoms with van der Waals surface area (Å²) in [5.74, 6) is 0.799. The lowest BCUT2D eigenvalue weighted by molar-refractivity contribution is -0.115. The van der Waals surface area contributed by atoms with Gasteiger partial charge in [-0.1, -0.05) is 26.0 Å². The van der Waals surface area contributed by atoms with Gasteiger partial charge in [-0.2, -0.15) is 0 Å². The molecule has 0 atom stereocenters. The second-order valence-corrected chi connectivity index (χ2v) is 7.05. The number of hydrogen-bond donors (Lipinski definition) is 2. The highest BCUT2D eigenvalue weighted by Gasteiger charge is 2.13. The van der Waals surface area contributed by atoms with E-state index in [-0.39, 0.29) is 18.4 Å². The fourth-order valence-corrected chi connectivity index (χ4v) is 2.53. The third-order valence-corrected chi connectivity index (χ3v) is 4.29. The zero-order valence-corrected chi connectivity index (χ0v) is 17.1. The maximum absolute atomic E-state index is 12.4. The van der Waals surface area contributed by atoms with Crippen LogP contribution in [0.15, 0.2) is 36.4 Å². The van der Waals surface area contributed by atoms with Crippen LogP contribution in [0.3, 0.4) is 0 Å². The molecule has 2 aromatic carbocycles. The molecule has 6 heteroatoms. The molecular weight excluding hydrogens is 356 g/mol. The lowest BCUT2D eigenvalue weighted by atomic mass is 10.1. The number of carbonyl (C=O) groups is 2. The van der Waals surface area contributed by atoms with Gasteiger partial charge in [-0.3, -0.25) is 9.59 Å². The topological polar surface area (TPSA) is 76.7 Å². The van der Waals surface area contributed by atoms with Gasteiger partial charge in [0.05, 0.1) is 20.3 Å². The van der Waals surface area contributed by atoms with Gasteiger partial charge in [0.1, 0.15) is 0 Å². The smallest absolute Gasteiger partial charge is 0.251 e. The first-order valence-corrected chi connectivity index (χ1v) is 9.27. The molecule has 0 aliphatic rings. The van der Waals surface area contributed by atoms with E-state index in [2.05, 4.69) is 24.5 Å². The van der Waals surface area contributed by atoms with Gasteiger partial charge < -0.3 is 20.1 Å². The minimum atomic E-state index is -0.357. The van der Waals surface area contributed by atoms with Crippen molar-refractivity contribution in [2.24, 2.45) is 5.92 Å². The van der Waals surface area contributed by atoms with Crippen molar-refractivity contribution in [3.05, 3.63) is 53.1 Å². The highest BCUT2D eigenvalue weighted by atomic mass is 16.5. The highest BCUT2D eigenvalue weighted by Crippen LogP contribution is 2.28. The van der Waals surface area contributed by atoms with Crippen molar-refractivity contribution >= 4 is 17.5 Å². The van der Waals surface area contributed by atoms with E-state index in [0.29, 0.717) is 29.6 Å². The Morgan fingerprint density at radius 3 is 2.50 bits per heavy atom. The minimum absolute atomic E-state index is 0.125. The number of hydrogen-bond acceptors (Lipinski definition) is 4. The van der Waals surface area contributed by atoms with Crippen LogP contribution >= 0.6 is 0 Å². The van der Waals surface area contributed by atoms with Gasteiger partial charge in [-0.05, 0) is 55.2 Å². The Morgan fingerprint density at radius 1 is 1.07 bits per heavy atom. The van der Waals surface area contributed by atoms with Crippen molar-refractivity contribution < 1.29 is 19.1 Å². The molecule has 0 bridgehead atoms. The first-order valence-electron chi connectivity index (χ1n) is 9.27. The number of carbonyl (C=O) groups excluding carboxylic acids is 2. The molecule has 0 fully saturated rings. The summed E-state index contributed by atoms with van der Waals surface area (Å²) in [6.07, 6.45) is 0. The summed E-state index contributed by atoms with van der Waals surface area (Å²) in [4.78, 5) is 24.5. The van der Waals surface area contributed by atoms with Crippen LogP contribution in [0.4, 0.5) is 5.69 Å². The van der Waals surface area contributed by atoms with Crippen LogP contribution in [0, 0.1) is 19.8 Å². The molecule has 0 unspecified atom stereocenters. The molecule has 28 heavy (non-hydrogen) atoms. The molecule has 0 heterocycles. The lowest BCUT2D eigenvalue weighted by Gasteiger charge is -2.14. The van der Waals surface area contributed by atoms with Crippen molar-refractivity contribution in [3.63, 3.8) is 0 Å². The number of nitrogens with one attached hydrogen (secondary N) is 2. The van der Waals surface area contributed by atoms with Gasteiger partial charge in [-0.15, -0.1) is 0 Å². The number of rotatable bonds is 8. The van der Waals surface area contributed by atoms with Gasteiger partial charge in [0.15, 0.2) is 11.5 Å². The molecule has 2 aromatic rings. The summed E-state index contributed by atoms with van der Waals surface area (Å²) in [7, 11) is 1.52. The molecule has 6 nitrogen and oxygen atoms in total. The first kappa shape index (κ1) is 21.3. The number of methoxy groups -OCH3 is 1. The van der Waals surface area contributed by atoms with Crippen molar-refractivity contribution in [2.45, 2.75) is 27.7 Å². The van der Waals surface area contributed by atoms with E-state index in [9.17, 15) is 9.59 Å².